The Morgan fingerprint density at radius 2 is 0.950 bits per heavy atom. The number of unbranched alkanes of at least 4 members (excludes halogenated alkanes) is 15. The van der Waals surface area contributed by atoms with Crippen molar-refractivity contribution in [3.8, 4) is 0 Å². The van der Waals surface area contributed by atoms with Crippen LogP contribution < -0.4 is 0 Å². The van der Waals surface area contributed by atoms with Gasteiger partial charge in [-0.2, -0.15) is 0 Å². The minimum atomic E-state index is -0.688. The molecular weight excluding hydrogens is 500 g/mol. The number of aldehydes is 1. The lowest BCUT2D eigenvalue weighted by atomic mass is 10.0. The minimum absolute atomic E-state index is 0.167. The number of hydrogen-bond donors (Lipinski definition) is 2. The standard InChI is InChI=1S/C24H46O2.C6H12O2.C3H6O.C2H6/c1-3-20-24(26)22-19-17-15-13-11-9-7-5-4-6-8-10-12-14-16-18-21-23(2)25;1-3-4-5(2)6(7)8;1-2-3-4;1-2/h25H,2-22H2,1H3;5H,3-4H2,1-2H3,(H,7,8);3H,2H2,1H3;1-2H3/t;5-;;/m.0../s1. The average Bonchev–Trinajstić information content (AvgIpc) is 2.94. The average molecular weight is 571 g/mol. The van der Waals surface area contributed by atoms with Crippen LogP contribution in [0.2, 0.25) is 0 Å². The molecule has 0 aliphatic heterocycles. The summed E-state index contributed by atoms with van der Waals surface area (Å²) in [6.45, 7) is 15.1. The van der Waals surface area contributed by atoms with E-state index in [0.29, 0.717) is 18.0 Å². The lowest BCUT2D eigenvalue weighted by molar-refractivity contribution is -0.141. The molecule has 0 aromatic heterocycles. The maximum absolute atomic E-state index is 11.4. The lowest BCUT2D eigenvalue weighted by Crippen LogP contribution is -2.08. The number of hydrogen-bond acceptors (Lipinski definition) is 4. The van der Waals surface area contributed by atoms with Crippen molar-refractivity contribution < 1.29 is 24.6 Å². The molecule has 240 valence electrons. The Hall–Kier alpha value is -1.65. The van der Waals surface area contributed by atoms with Gasteiger partial charge in [-0.05, 0) is 25.7 Å². The molecule has 5 nitrogen and oxygen atoms in total. The van der Waals surface area contributed by atoms with Crippen LogP contribution in [-0.2, 0) is 14.4 Å². The quantitative estimate of drug-likeness (QED) is 0.0647. The second kappa shape index (κ2) is 41.8. The maximum Gasteiger partial charge on any atom is 0.306 e. The van der Waals surface area contributed by atoms with Gasteiger partial charge in [-0.15, -0.1) is 0 Å². The van der Waals surface area contributed by atoms with Crippen molar-refractivity contribution in [1.29, 1.82) is 0 Å². The highest BCUT2D eigenvalue weighted by Crippen LogP contribution is 2.15. The van der Waals surface area contributed by atoms with Gasteiger partial charge < -0.3 is 15.0 Å². The maximum atomic E-state index is 11.4. The van der Waals surface area contributed by atoms with Crippen LogP contribution in [-0.4, -0.2) is 28.3 Å². The Labute approximate surface area is 250 Å². The zero-order valence-electron chi connectivity index (χ0n) is 27.7. The Morgan fingerprint density at radius 1 is 0.625 bits per heavy atom. The Bertz CT molecular complexity index is 530. The third kappa shape index (κ3) is 49.3. The van der Waals surface area contributed by atoms with Gasteiger partial charge in [-0.1, -0.05) is 144 Å². The largest absolute Gasteiger partial charge is 0.513 e. The number of aliphatic hydroxyl groups is 1. The smallest absolute Gasteiger partial charge is 0.306 e. The molecule has 2 N–H and O–H groups in total. The van der Waals surface area contributed by atoms with E-state index in [2.05, 4.69) is 13.5 Å². The number of Topliss-reactive ketones (excluding diaryl/α,β-unsaturated/α-hetero) is 1. The number of aliphatic carboxylic acids is 1. The van der Waals surface area contributed by atoms with Crippen molar-refractivity contribution in [1.82, 2.24) is 0 Å². The summed E-state index contributed by atoms with van der Waals surface area (Å²) >= 11 is 0. The van der Waals surface area contributed by atoms with Crippen molar-refractivity contribution >= 4 is 18.0 Å². The molecule has 0 unspecified atom stereocenters. The fourth-order valence-corrected chi connectivity index (χ4v) is 4.09. The molecule has 40 heavy (non-hydrogen) atoms. The highest BCUT2D eigenvalue weighted by Gasteiger charge is 2.07. The Kier molecular flexibility index (Phi) is 47.4. The Morgan fingerprint density at radius 3 is 1.18 bits per heavy atom. The predicted octanol–water partition coefficient (Wildman–Crippen LogP) is 11.6. The summed E-state index contributed by atoms with van der Waals surface area (Å²) < 4.78 is 0. The second-order valence-electron chi connectivity index (χ2n) is 10.6. The van der Waals surface area contributed by atoms with E-state index >= 15 is 0 Å². The molecule has 0 bridgehead atoms. The summed E-state index contributed by atoms with van der Waals surface area (Å²) in [5.74, 6) is -0.0590. The molecule has 0 rings (SSSR count). The van der Waals surface area contributed by atoms with Gasteiger partial charge in [0.05, 0.1) is 11.7 Å². The third-order valence-corrected chi connectivity index (χ3v) is 6.51. The summed E-state index contributed by atoms with van der Waals surface area (Å²) in [5.41, 5.74) is 0. The summed E-state index contributed by atoms with van der Waals surface area (Å²) in [6.07, 6.45) is 27.8. The summed E-state index contributed by atoms with van der Waals surface area (Å²) in [7, 11) is 0. The fourth-order valence-electron chi connectivity index (χ4n) is 4.09. The van der Waals surface area contributed by atoms with E-state index in [0.717, 1.165) is 57.7 Å². The highest BCUT2D eigenvalue weighted by molar-refractivity contribution is 5.78. The lowest BCUT2D eigenvalue weighted by Gasteiger charge is -2.04. The first-order chi connectivity index (χ1) is 19.3. The van der Waals surface area contributed by atoms with Crippen molar-refractivity contribution in [3.63, 3.8) is 0 Å². The fraction of sp³-hybridized carbons (Fsp3) is 0.857. The zero-order valence-corrected chi connectivity index (χ0v) is 27.7. The molecule has 0 spiro atoms. The topological polar surface area (TPSA) is 91.7 Å². The van der Waals surface area contributed by atoms with Gasteiger partial charge >= 0.3 is 5.97 Å². The molecule has 0 fully saturated rings. The number of ketones is 1. The molecule has 1 atom stereocenters. The number of aliphatic hydroxyl groups excluding tert-OH is 1. The van der Waals surface area contributed by atoms with Gasteiger partial charge in [-0.3, -0.25) is 9.59 Å². The molecule has 0 aliphatic rings. The number of carbonyl (C=O) groups is 3. The molecule has 0 aromatic rings. The van der Waals surface area contributed by atoms with Gasteiger partial charge in [-0.25, -0.2) is 0 Å². The number of rotatable bonds is 25. The van der Waals surface area contributed by atoms with Gasteiger partial charge in [0.15, 0.2) is 0 Å². The van der Waals surface area contributed by atoms with Gasteiger partial charge in [0, 0.05) is 25.7 Å². The molecule has 0 radical (unpaired) electrons. The van der Waals surface area contributed by atoms with E-state index in [1.54, 1.807) is 6.92 Å². The summed E-state index contributed by atoms with van der Waals surface area (Å²) in [5, 5.41) is 17.3. The van der Waals surface area contributed by atoms with Crippen LogP contribution in [0, 0.1) is 5.92 Å². The highest BCUT2D eigenvalue weighted by atomic mass is 16.4. The van der Waals surface area contributed by atoms with E-state index in [-0.39, 0.29) is 5.92 Å². The van der Waals surface area contributed by atoms with E-state index in [4.69, 9.17) is 10.2 Å². The second-order valence-corrected chi connectivity index (χ2v) is 10.6. The van der Waals surface area contributed by atoms with E-state index in [1.165, 1.54) is 89.9 Å². The van der Waals surface area contributed by atoms with E-state index < -0.39 is 5.97 Å². The van der Waals surface area contributed by atoms with Crippen LogP contribution in [0.4, 0.5) is 0 Å². The first-order valence-corrected chi connectivity index (χ1v) is 16.8. The minimum Gasteiger partial charge on any atom is -0.513 e. The van der Waals surface area contributed by atoms with Gasteiger partial charge in [0.2, 0.25) is 0 Å². The molecule has 0 saturated heterocycles. The normalized spacial score (nSPS) is 10.6. The van der Waals surface area contributed by atoms with Crippen LogP contribution in [0.15, 0.2) is 12.3 Å². The van der Waals surface area contributed by atoms with Crippen molar-refractivity contribution in [2.45, 2.75) is 189 Å². The number of carbonyl (C=O) groups excluding carboxylic acids is 2. The summed E-state index contributed by atoms with van der Waals surface area (Å²) in [4.78, 5) is 30.7. The Balaban J connectivity index is -0.000000381. The van der Waals surface area contributed by atoms with Crippen molar-refractivity contribution in [2.75, 3.05) is 0 Å². The van der Waals surface area contributed by atoms with Gasteiger partial charge in [0.1, 0.15) is 12.1 Å². The third-order valence-electron chi connectivity index (χ3n) is 6.51. The molecule has 0 aromatic carbocycles. The van der Waals surface area contributed by atoms with E-state index in [1.807, 2.05) is 27.7 Å². The molecule has 0 aliphatic carbocycles. The molecule has 0 amide bonds. The van der Waals surface area contributed by atoms with Gasteiger partial charge in [0.25, 0.3) is 0 Å². The first kappa shape index (κ1) is 45.3. The molecule has 5 heteroatoms. The summed E-state index contributed by atoms with van der Waals surface area (Å²) in [6, 6.07) is 0. The van der Waals surface area contributed by atoms with Crippen LogP contribution in [0.25, 0.3) is 0 Å². The van der Waals surface area contributed by atoms with Crippen LogP contribution in [0.1, 0.15) is 189 Å². The SMILES string of the molecule is C=C(O)CCCCCCCCCCCCCCCCCCC(=O)CCC.CC.CCC=O.CCC[C@H](C)C(=O)O. The molecule has 0 heterocycles. The van der Waals surface area contributed by atoms with Crippen molar-refractivity contribution in [2.24, 2.45) is 5.92 Å². The van der Waals surface area contributed by atoms with E-state index in [9.17, 15) is 14.4 Å². The van der Waals surface area contributed by atoms with Crippen LogP contribution >= 0.6 is 0 Å². The predicted molar refractivity (Wildman–Crippen MR) is 174 cm³/mol. The molecular formula is C35H70O5. The monoisotopic (exact) mass is 571 g/mol. The first-order valence-electron chi connectivity index (χ1n) is 16.8. The van der Waals surface area contributed by atoms with Crippen LogP contribution in [0.3, 0.4) is 0 Å². The zero-order chi connectivity index (χ0) is 31.3. The number of carboxylic acid groups (broad SMARTS) is 1. The molecule has 0 saturated carbocycles. The van der Waals surface area contributed by atoms with Crippen molar-refractivity contribution in [3.05, 3.63) is 12.3 Å². The van der Waals surface area contributed by atoms with Crippen LogP contribution in [0.5, 0.6) is 0 Å². The number of carboxylic acids is 1. The number of allylic oxidation sites excluding steroid dienone is 1.